The first kappa shape index (κ1) is 28.7. The van der Waals surface area contributed by atoms with Crippen molar-refractivity contribution in [2.24, 2.45) is 17.3 Å². The van der Waals surface area contributed by atoms with E-state index in [9.17, 15) is 14.7 Å². The third-order valence-electron chi connectivity index (χ3n) is 7.66. The van der Waals surface area contributed by atoms with Gasteiger partial charge in [0, 0.05) is 18.5 Å². The highest BCUT2D eigenvalue weighted by molar-refractivity contribution is 5.80. The molecule has 1 aromatic heterocycles. The molecule has 2 aliphatic rings. The molecule has 4 rings (SSSR count). The van der Waals surface area contributed by atoms with E-state index < -0.39 is 23.3 Å². The fraction of sp³-hybridized carbons (Fsp3) is 0.571. The minimum Gasteiger partial charge on any atom is -0.391 e. The Morgan fingerprint density at radius 3 is 2.64 bits per heavy atom. The number of benzene rings is 1. The van der Waals surface area contributed by atoms with Crippen LogP contribution in [0.4, 0.5) is 16.0 Å². The van der Waals surface area contributed by atoms with Crippen molar-refractivity contribution in [2.75, 3.05) is 30.0 Å². The van der Waals surface area contributed by atoms with Gasteiger partial charge in [-0.1, -0.05) is 69.9 Å². The molecule has 212 valence electrons. The smallest absolute Gasteiger partial charge is 0.243 e. The number of aliphatic hydroxyl groups is 1. The van der Waals surface area contributed by atoms with Crippen molar-refractivity contribution in [2.45, 2.75) is 65.6 Å². The van der Waals surface area contributed by atoms with Crippen molar-refractivity contribution < 1.29 is 23.9 Å². The van der Waals surface area contributed by atoms with E-state index in [0.29, 0.717) is 31.1 Å². The van der Waals surface area contributed by atoms with E-state index >= 15 is 4.39 Å². The zero-order valence-electron chi connectivity index (χ0n) is 22.9. The van der Waals surface area contributed by atoms with Crippen molar-refractivity contribution in [3.8, 4) is 0 Å². The van der Waals surface area contributed by atoms with Crippen LogP contribution in [0.15, 0.2) is 30.3 Å². The molecule has 1 aliphatic heterocycles. The predicted molar refractivity (Wildman–Crippen MR) is 145 cm³/mol. The monoisotopic (exact) mass is 542 g/mol. The van der Waals surface area contributed by atoms with Crippen LogP contribution in [0.5, 0.6) is 0 Å². The number of nitrogens with one attached hydrogen (secondary N) is 2. The van der Waals surface area contributed by atoms with Crippen LogP contribution in [0, 0.1) is 30.0 Å². The zero-order chi connectivity index (χ0) is 28.0. The molecule has 2 heterocycles. The largest absolute Gasteiger partial charge is 0.391 e. The molecule has 1 saturated heterocycles. The van der Waals surface area contributed by atoms with E-state index in [1.165, 1.54) is 0 Å². The molecule has 3 N–H and O–H groups in total. The SMILES string of the molecule is Cc1nc(NNC(=O)[C@@H](CC2CCCC2)CN(C=O)OCc2ccccc2)c(F)c(N2C[C@@H](O)C(C)(C)C2)n1. The molecule has 0 unspecified atom stereocenters. The molecule has 0 radical (unpaired) electrons. The summed E-state index contributed by atoms with van der Waals surface area (Å²) in [5, 5.41) is 11.5. The van der Waals surface area contributed by atoms with Crippen LogP contribution >= 0.6 is 0 Å². The van der Waals surface area contributed by atoms with Crippen molar-refractivity contribution in [1.29, 1.82) is 0 Å². The molecule has 2 aromatic rings. The number of hydrogen-bond donors (Lipinski definition) is 3. The summed E-state index contributed by atoms with van der Waals surface area (Å²) in [5.74, 6) is -1.04. The second-order valence-corrected chi connectivity index (χ2v) is 11.3. The summed E-state index contributed by atoms with van der Waals surface area (Å²) in [5.41, 5.74) is 5.74. The van der Waals surface area contributed by atoms with Crippen molar-refractivity contribution >= 4 is 24.0 Å². The highest BCUT2D eigenvalue weighted by Crippen LogP contribution is 2.34. The molecular formula is C28H39FN6O4. The first-order valence-electron chi connectivity index (χ1n) is 13.6. The summed E-state index contributed by atoms with van der Waals surface area (Å²) >= 11 is 0. The number of nitrogens with zero attached hydrogens (tertiary/aromatic N) is 4. The minimum absolute atomic E-state index is 0.0671. The zero-order valence-corrected chi connectivity index (χ0v) is 22.9. The second kappa shape index (κ2) is 12.7. The van der Waals surface area contributed by atoms with Crippen molar-refractivity contribution in [1.82, 2.24) is 20.5 Å². The first-order valence-corrected chi connectivity index (χ1v) is 13.6. The summed E-state index contributed by atoms with van der Waals surface area (Å²) in [6, 6.07) is 9.46. The van der Waals surface area contributed by atoms with Gasteiger partial charge < -0.3 is 10.0 Å². The maximum absolute atomic E-state index is 15.5. The molecule has 10 nitrogen and oxygen atoms in total. The number of rotatable bonds is 12. The van der Waals surface area contributed by atoms with E-state index in [-0.39, 0.29) is 37.2 Å². The van der Waals surface area contributed by atoms with Gasteiger partial charge in [0.1, 0.15) is 12.4 Å². The number of aromatic nitrogens is 2. The first-order chi connectivity index (χ1) is 18.7. The Balaban J connectivity index is 1.43. The molecule has 2 amide bonds. The van der Waals surface area contributed by atoms with Crippen LogP contribution in [0.1, 0.15) is 57.3 Å². The van der Waals surface area contributed by atoms with E-state index in [2.05, 4.69) is 20.8 Å². The topological polar surface area (TPSA) is 120 Å². The average Bonchev–Trinajstić information content (AvgIpc) is 3.53. The van der Waals surface area contributed by atoms with Gasteiger partial charge in [0.15, 0.2) is 11.6 Å². The van der Waals surface area contributed by atoms with Gasteiger partial charge in [-0.2, -0.15) is 4.39 Å². The lowest BCUT2D eigenvalue weighted by molar-refractivity contribution is -0.182. The number of hydrogen-bond acceptors (Lipinski definition) is 8. The van der Waals surface area contributed by atoms with Gasteiger partial charge in [-0.15, -0.1) is 0 Å². The second-order valence-electron chi connectivity index (χ2n) is 11.3. The number of hydrazine groups is 1. The molecule has 0 bridgehead atoms. The predicted octanol–water partition coefficient (Wildman–Crippen LogP) is 3.36. The quantitative estimate of drug-likeness (QED) is 0.276. The number of β-amino-alcohol motifs (C(OH)–C–C–N with tert-alkyl or cyclic N) is 1. The summed E-state index contributed by atoms with van der Waals surface area (Å²) < 4.78 is 15.5. The maximum Gasteiger partial charge on any atom is 0.243 e. The van der Waals surface area contributed by atoms with Gasteiger partial charge in [-0.05, 0) is 24.8 Å². The van der Waals surface area contributed by atoms with Crippen molar-refractivity contribution in [3.05, 3.63) is 47.5 Å². The normalized spacial score (nSPS) is 19.6. The van der Waals surface area contributed by atoms with E-state index in [4.69, 9.17) is 4.84 Å². The summed E-state index contributed by atoms with van der Waals surface area (Å²) in [7, 11) is 0. The lowest BCUT2D eigenvalue weighted by Crippen LogP contribution is -2.42. The molecule has 2 atom stereocenters. The summed E-state index contributed by atoms with van der Waals surface area (Å²) in [4.78, 5) is 40.9. The molecule has 1 aliphatic carbocycles. The van der Waals surface area contributed by atoms with Gasteiger partial charge in [0.05, 0.1) is 18.6 Å². The van der Waals surface area contributed by atoms with Crippen LogP contribution < -0.4 is 15.8 Å². The Bertz CT molecular complexity index is 1130. The van der Waals surface area contributed by atoms with Crippen LogP contribution in [0.3, 0.4) is 0 Å². The Kier molecular flexibility index (Phi) is 9.34. The molecule has 1 aromatic carbocycles. The number of carbonyl (C=O) groups is 2. The average molecular weight is 543 g/mol. The molecule has 0 spiro atoms. The van der Waals surface area contributed by atoms with Crippen molar-refractivity contribution in [3.63, 3.8) is 0 Å². The number of aliphatic hydroxyl groups excluding tert-OH is 1. The highest BCUT2D eigenvalue weighted by atomic mass is 19.1. The van der Waals surface area contributed by atoms with Gasteiger partial charge in [0.25, 0.3) is 0 Å². The molecule has 2 fully saturated rings. The van der Waals surface area contributed by atoms with E-state index in [1.54, 1.807) is 11.8 Å². The van der Waals surface area contributed by atoms with Crippen LogP contribution in [-0.4, -0.2) is 58.2 Å². The minimum atomic E-state index is -0.709. The lowest BCUT2D eigenvalue weighted by Gasteiger charge is -2.25. The number of hydroxylamine groups is 2. The van der Waals surface area contributed by atoms with Gasteiger partial charge >= 0.3 is 0 Å². The summed E-state index contributed by atoms with van der Waals surface area (Å²) in [6.45, 7) is 6.42. The maximum atomic E-state index is 15.5. The Morgan fingerprint density at radius 2 is 2.00 bits per heavy atom. The fourth-order valence-corrected chi connectivity index (χ4v) is 5.33. The van der Waals surface area contributed by atoms with Gasteiger partial charge in [-0.25, -0.2) is 15.0 Å². The number of carbonyl (C=O) groups excluding carboxylic acids is 2. The van der Waals surface area contributed by atoms with Crippen LogP contribution in [-0.2, 0) is 21.0 Å². The lowest BCUT2D eigenvalue weighted by atomic mass is 9.90. The van der Waals surface area contributed by atoms with E-state index in [0.717, 1.165) is 36.3 Å². The van der Waals surface area contributed by atoms with Gasteiger partial charge in [-0.3, -0.25) is 25.3 Å². The number of halogens is 1. The Labute approximate surface area is 228 Å². The summed E-state index contributed by atoms with van der Waals surface area (Å²) in [6.07, 6.45) is 4.85. The third kappa shape index (κ3) is 7.42. The number of aryl methyl sites for hydroxylation is 1. The molecule has 1 saturated carbocycles. The standard InChI is InChI=1S/C28H39FN6O4/c1-19-30-25(24(29)26(31-19)34-15-23(37)28(2,3)17-34)32-33-27(38)22(13-20-9-7-8-10-20)14-35(18-36)39-16-21-11-5-4-6-12-21/h4-6,11-12,18,20,22-23,37H,7-10,13-17H2,1-3H3,(H,33,38)(H,30,31,32)/t22-,23+/m0/s1. The Hall–Kier alpha value is -3.31. The van der Waals surface area contributed by atoms with Crippen LogP contribution in [0.2, 0.25) is 0 Å². The molecule has 11 heteroatoms. The molecular weight excluding hydrogens is 503 g/mol. The van der Waals surface area contributed by atoms with Gasteiger partial charge in [0.2, 0.25) is 18.1 Å². The Morgan fingerprint density at radius 1 is 1.28 bits per heavy atom. The third-order valence-corrected chi connectivity index (χ3v) is 7.66. The van der Waals surface area contributed by atoms with E-state index in [1.807, 2.05) is 44.2 Å². The van der Waals surface area contributed by atoms with Crippen LogP contribution in [0.25, 0.3) is 0 Å². The molecule has 39 heavy (non-hydrogen) atoms. The number of amides is 2. The fourth-order valence-electron chi connectivity index (χ4n) is 5.33. The highest BCUT2D eigenvalue weighted by Gasteiger charge is 2.40. The number of anilines is 2.